The number of hydrogen-bond acceptors (Lipinski definition) is 5. The Morgan fingerprint density at radius 2 is 1.57 bits per heavy atom. The molecule has 0 aromatic heterocycles. The average molecular weight is 417 g/mol. The van der Waals surface area contributed by atoms with Gasteiger partial charge in [0, 0.05) is 52.9 Å². The summed E-state index contributed by atoms with van der Waals surface area (Å²) < 4.78 is 5.26. The molecular formula is C23H36N4O3. The van der Waals surface area contributed by atoms with Crippen molar-refractivity contribution in [3.63, 3.8) is 0 Å². The summed E-state index contributed by atoms with van der Waals surface area (Å²) >= 11 is 0. The SMILES string of the molecule is COc1cccc(CN(C)C(=O)CN2CCN(CC(=O)N3CCCCCC3)CC2)c1. The topological polar surface area (TPSA) is 56.3 Å². The fraction of sp³-hybridized carbons (Fsp3) is 0.652. The van der Waals surface area contributed by atoms with Gasteiger partial charge in [0.1, 0.15) is 5.75 Å². The molecule has 30 heavy (non-hydrogen) atoms. The van der Waals surface area contributed by atoms with Crippen molar-refractivity contribution in [3.05, 3.63) is 29.8 Å². The van der Waals surface area contributed by atoms with Gasteiger partial charge in [-0.2, -0.15) is 0 Å². The summed E-state index contributed by atoms with van der Waals surface area (Å²) in [5, 5.41) is 0. The maximum Gasteiger partial charge on any atom is 0.236 e. The van der Waals surface area contributed by atoms with Crippen LogP contribution >= 0.6 is 0 Å². The van der Waals surface area contributed by atoms with Crippen molar-refractivity contribution < 1.29 is 14.3 Å². The summed E-state index contributed by atoms with van der Waals surface area (Å²) in [5.41, 5.74) is 1.06. The number of ether oxygens (including phenoxy) is 1. The van der Waals surface area contributed by atoms with Gasteiger partial charge < -0.3 is 14.5 Å². The second kappa shape index (κ2) is 11.3. The fourth-order valence-electron chi connectivity index (χ4n) is 4.16. The van der Waals surface area contributed by atoms with Crippen LogP contribution in [0, 0.1) is 0 Å². The molecule has 0 saturated carbocycles. The van der Waals surface area contributed by atoms with E-state index in [1.165, 1.54) is 12.8 Å². The minimum atomic E-state index is 0.118. The largest absolute Gasteiger partial charge is 0.497 e. The Bertz CT molecular complexity index is 695. The summed E-state index contributed by atoms with van der Waals surface area (Å²) in [6.07, 6.45) is 4.74. The molecule has 2 aliphatic heterocycles. The highest BCUT2D eigenvalue weighted by molar-refractivity contribution is 5.78. The van der Waals surface area contributed by atoms with E-state index in [1.54, 1.807) is 12.0 Å². The Morgan fingerprint density at radius 1 is 0.933 bits per heavy atom. The lowest BCUT2D eigenvalue weighted by atomic mass is 10.2. The monoisotopic (exact) mass is 416 g/mol. The first-order valence-electron chi connectivity index (χ1n) is 11.1. The number of piperazine rings is 1. The molecule has 2 saturated heterocycles. The molecule has 3 rings (SSSR count). The molecule has 0 aliphatic carbocycles. The molecule has 0 unspecified atom stereocenters. The Kier molecular flexibility index (Phi) is 8.51. The predicted octanol–water partition coefficient (Wildman–Crippen LogP) is 1.67. The number of nitrogens with zero attached hydrogens (tertiary/aromatic N) is 4. The Hall–Kier alpha value is -2.12. The summed E-state index contributed by atoms with van der Waals surface area (Å²) in [6.45, 7) is 6.66. The predicted molar refractivity (Wildman–Crippen MR) is 117 cm³/mol. The number of carbonyl (C=O) groups is 2. The van der Waals surface area contributed by atoms with Gasteiger partial charge in [0.15, 0.2) is 0 Å². The van der Waals surface area contributed by atoms with Gasteiger partial charge >= 0.3 is 0 Å². The lowest BCUT2D eigenvalue weighted by Crippen LogP contribution is -2.52. The van der Waals surface area contributed by atoms with Gasteiger partial charge in [0.05, 0.1) is 20.2 Å². The highest BCUT2D eigenvalue weighted by atomic mass is 16.5. The summed E-state index contributed by atoms with van der Waals surface area (Å²) in [6, 6.07) is 7.82. The van der Waals surface area contributed by atoms with Crippen LogP contribution < -0.4 is 4.74 Å². The molecule has 2 heterocycles. The molecule has 7 heteroatoms. The van der Waals surface area contributed by atoms with Gasteiger partial charge in [-0.1, -0.05) is 25.0 Å². The number of carbonyl (C=O) groups excluding carboxylic acids is 2. The number of rotatable bonds is 7. The molecule has 7 nitrogen and oxygen atoms in total. The summed E-state index contributed by atoms with van der Waals surface area (Å²) in [4.78, 5) is 33.5. The van der Waals surface area contributed by atoms with Crippen molar-refractivity contribution in [1.82, 2.24) is 19.6 Å². The van der Waals surface area contributed by atoms with E-state index >= 15 is 0 Å². The lowest BCUT2D eigenvalue weighted by Gasteiger charge is -2.35. The minimum absolute atomic E-state index is 0.118. The fourth-order valence-corrected chi connectivity index (χ4v) is 4.16. The van der Waals surface area contributed by atoms with Crippen LogP contribution in [0.2, 0.25) is 0 Å². The molecule has 0 bridgehead atoms. The Morgan fingerprint density at radius 3 is 2.20 bits per heavy atom. The Labute approximate surface area is 180 Å². The van der Waals surface area contributed by atoms with Crippen molar-refractivity contribution in [3.8, 4) is 5.75 Å². The van der Waals surface area contributed by atoms with Gasteiger partial charge in [-0.05, 0) is 30.5 Å². The van der Waals surface area contributed by atoms with E-state index < -0.39 is 0 Å². The zero-order valence-corrected chi connectivity index (χ0v) is 18.5. The van der Waals surface area contributed by atoms with Gasteiger partial charge in [0.25, 0.3) is 0 Å². The number of benzene rings is 1. The van der Waals surface area contributed by atoms with Crippen molar-refractivity contribution in [2.45, 2.75) is 32.2 Å². The number of amides is 2. The van der Waals surface area contributed by atoms with E-state index in [0.29, 0.717) is 19.6 Å². The highest BCUT2D eigenvalue weighted by Gasteiger charge is 2.24. The molecule has 1 aromatic carbocycles. The first-order chi connectivity index (χ1) is 14.5. The second-order valence-corrected chi connectivity index (χ2v) is 8.45. The van der Waals surface area contributed by atoms with Gasteiger partial charge in [-0.25, -0.2) is 0 Å². The molecule has 2 amide bonds. The van der Waals surface area contributed by atoms with E-state index in [9.17, 15) is 9.59 Å². The summed E-state index contributed by atoms with van der Waals surface area (Å²) in [5.74, 6) is 1.19. The van der Waals surface area contributed by atoms with Crippen LogP contribution in [-0.2, 0) is 16.1 Å². The maximum absolute atomic E-state index is 12.6. The van der Waals surface area contributed by atoms with Gasteiger partial charge in [0.2, 0.25) is 11.8 Å². The highest BCUT2D eigenvalue weighted by Crippen LogP contribution is 2.14. The molecule has 0 atom stereocenters. The van der Waals surface area contributed by atoms with Gasteiger partial charge in [-0.15, -0.1) is 0 Å². The van der Waals surface area contributed by atoms with Crippen LogP contribution in [0.4, 0.5) is 0 Å². The number of methoxy groups -OCH3 is 1. The summed E-state index contributed by atoms with van der Waals surface area (Å²) in [7, 11) is 3.49. The smallest absolute Gasteiger partial charge is 0.236 e. The zero-order valence-electron chi connectivity index (χ0n) is 18.5. The number of likely N-dealkylation sites (N-methyl/N-ethyl adjacent to an activating group) is 1. The van der Waals surface area contributed by atoms with Crippen molar-refractivity contribution in [2.75, 3.05) is 66.5 Å². The van der Waals surface area contributed by atoms with E-state index in [1.807, 2.05) is 36.2 Å². The Balaban J connectivity index is 1.39. The van der Waals surface area contributed by atoms with Crippen LogP contribution in [0.1, 0.15) is 31.2 Å². The molecule has 1 aromatic rings. The molecule has 0 radical (unpaired) electrons. The molecule has 2 fully saturated rings. The van der Waals surface area contributed by atoms with Crippen molar-refractivity contribution in [1.29, 1.82) is 0 Å². The zero-order chi connectivity index (χ0) is 21.3. The molecule has 0 N–H and O–H groups in total. The lowest BCUT2D eigenvalue weighted by molar-refractivity contribution is -0.134. The van der Waals surface area contributed by atoms with E-state index in [4.69, 9.17) is 4.74 Å². The average Bonchev–Trinajstić information content (AvgIpc) is 3.05. The normalized spacial score (nSPS) is 18.7. The third-order valence-electron chi connectivity index (χ3n) is 6.12. The molecular weight excluding hydrogens is 380 g/mol. The van der Waals surface area contributed by atoms with Gasteiger partial charge in [-0.3, -0.25) is 19.4 Å². The standard InChI is InChI=1S/C23H36N4O3/c1-24(17-20-8-7-9-21(16-20)30-2)22(28)18-25-12-14-26(15-13-25)19-23(29)27-10-5-3-4-6-11-27/h7-9,16H,3-6,10-15,17-19H2,1-2H3. The third kappa shape index (κ3) is 6.71. The van der Waals surface area contributed by atoms with E-state index in [-0.39, 0.29) is 11.8 Å². The quantitative estimate of drug-likeness (QED) is 0.677. The number of hydrogen-bond donors (Lipinski definition) is 0. The molecule has 0 spiro atoms. The minimum Gasteiger partial charge on any atom is -0.497 e. The first-order valence-corrected chi connectivity index (χ1v) is 11.1. The van der Waals surface area contributed by atoms with Crippen LogP contribution in [0.5, 0.6) is 5.75 Å². The molecule has 166 valence electrons. The third-order valence-corrected chi connectivity index (χ3v) is 6.12. The molecule has 2 aliphatic rings. The van der Waals surface area contributed by atoms with Crippen molar-refractivity contribution in [2.24, 2.45) is 0 Å². The second-order valence-electron chi connectivity index (χ2n) is 8.45. The van der Waals surface area contributed by atoms with Crippen LogP contribution in [-0.4, -0.2) is 97.9 Å². The van der Waals surface area contributed by atoms with Crippen LogP contribution in [0.15, 0.2) is 24.3 Å². The number of likely N-dealkylation sites (tertiary alicyclic amines) is 1. The van der Waals surface area contributed by atoms with Crippen LogP contribution in [0.25, 0.3) is 0 Å². The van der Waals surface area contributed by atoms with E-state index in [2.05, 4.69) is 9.80 Å². The first kappa shape index (κ1) is 22.6. The van der Waals surface area contributed by atoms with Crippen molar-refractivity contribution >= 4 is 11.8 Å². The van der Waals surface area contributed by atoms with Crippen LogP contribution in [0.3, 0.4) is 0 Å². The van der Waals surface area contributed by atoms with E-state index in [0.717, 1.165) is 63.4 Å². The maximum atomic E-state index is 12.6.